The zero-order valence-corrected chi connectivity index (χ0v) is 12.1. The summed E-state index contributed by atoms with van der Waals surface area (Å²) in [5.74, 6) is 0.326. The Balaban J connectivity index is 1.62. The van der Waals surface area contributed by atoms with Gasteiger partial charge in [-0.05, 0) is 24.8 Å². The van der Waals surface area contributed by atoms with Crippen molar-refractivity contribution in [3.05, 3.63) is 35.9 Å². The van der Waals surface area contributed by atoms with Crippen LogP contribution in [0, 0.1) is 0 Å². The third-order valence-electron chi connectivity index (χ3n) is 4.80. The summed E-state index contributed by atoms with van der Waals surface area (Å²) in [7, 11) is 0. The number of carbonyl (C=O) groups is 1. The summed E-state index contributed by atoms with van der Waals surface area (Å²) in [6, 6.07) is 10.8. The topological polar surface area (TPSA) is 32.3 Å². The fourth-order valence-corrected chi connectivity index (χ4v) is 3.67. The zero-order valence-electron chi connectivity index (χ0n) is 12.1. The van der Waals surface area contributed by atoms with Crippen molar-refractivity contribution in [3.63, 3.8) is 0 Å². The molecule has 0 atom stereocenters. The fourth-order valence-electron chi connectivity index (χ4n) is 3.67. The molecule has 3 heteroatoms. The van der Waals surface area contributed by atoms with Crippen LogP contribution in [-0.4, -0.2) is 30.4 Å². The van der Waals surface area contributed by atoms with Crippen molar-refractivity contribution in [3.8, 4) is 0 Å². The molecule has 1 amide bonds. The molecule has 1 heterocycles. The van der Waals surface area contributed by atoms with Gasteiger partial charge in [0.2, 0.25) is 5.91 Å². The van der Waals surface area contributed by atoms with Gasteiger partial charge >= 0.3 is 0 Å². The van der Waals surface area contributed by atoms with Crippen LogP contribution in [0.15, 0.2) is 30.3 Å². The molecule has 1 N–H and O–H groups in total. The first-order valence-electron chi connectivity index (χ1n) is 7.89. The van der Waals surface area contributed by atoms with Gasteiger partial charge in [0.25, 0.3) is 0 Å². The van der Waals surface area contributed by atoms with Crippen LogP contribution in [0.2, 0.25) is 0 Å². The molecule has 0 bridgehead atoms. The van der Waals surface area contributed by atoms with Crippen LogP contribution in [0.1, 0.15) is 44.1 Å². The van der Waals surface area contributed by atoms with Crippen LogP contribution < -0.4 is 5.32 Å². The number of hydrogen-bond donors (Lipinski definition) is 1. The zero-order chi connectivity index (χ0) is 13.8. The molecule has 1 aromatic carbocycles. The number of nitrogens with one attached hydrogen (secondary N) is 1. The molecule has 0 unspecified atom stereocenters. The number of likely N-dealkylation sites (tertiary alicyclic amines) is 1. The summed E-state index contributed by atoms with van der Waals surface area (Å²) in [4.78, 5) is 13.7. The van der Waals surface area contributed by atoms with E-state index in [0.29, 0.717) is 5.91 Å². The van der Waals surface area contributed by atoms with Gasteiger partial charge in [-0.25, -0.2) is 0 Å². The fraction of sp³-hybridized carbons (Fsp3) is 0.588. The molecule has 1 saturated carbocycles. The number of nitrogens with zero attached hydrogens (tertiary/aromatic N) is 1. The molecule has 2 fully saturated rings. The Kier molecular flexibility index (Phi) is 4.06. The molecule has 20 heavy (non-hydrogen) atoms. The molecule has 1 aliphatic carbocycles. The van der Waals surface area contributed by atoms with Crippen molar-refractivity contribution < 1.29 is 4.79 Å². The average molecular weight is 272 g/mol. The minimum Gasteiger partial charge on any atom is -0.341 e. The second-order valence-electron chi connectivity index (χ2n) is 6.07. The Morgan fingerprint density at radius 1 is 1.10 bits per heavy atom. The normalized spacial score (nSPS) is 21.6. The molecule has 0 spiro atoms. The van der Waals surface area contributed by atoms with Gasteiger partial charge in [-0.2, -0.15) is 0 Å². The van der Waals surface area contributed by atoms with Gasteiger partial charge in [-0.15, -0.1) is 0 Å². The van der Waals surface area contributed by atoms with E-state index in [4.69, 9.17) is 0 Å². The lowest BCUT2D eigenvalue weighted by Gasteiger charge is -2.32. The van der Waals surface area contributed by atoms with E-state index in [0.717, 1.165) is 32.5 Å². The largest absolute Gasteiger partial charge is 0.341 e. The Morgan fingerprint density at radius 3 is 2.50 bits per heavy atom. The van der Waals surface area contributed by atoms with Crippen molar-refractivity contribution in [2.45, 2.75) is 44.1 Å². The maximum Gasteiger partial charge on any atom is 0.222 e. The SMILES string of the molecule is O=C1CCCN1CCNC1(c2ccccc2)CCCC1. The van der Waals surface area contributed by atoms with Crippen LogP contribution in [-0.2, 0) is 10.3 Å². The first kappa shape index (κ1) is 13.6. The summed E-state index contributed by atoms with van der Waals surface area (Å²) in [6.07, 6.45) is 6.79. The van der Waals surface area contributed by atoms with E-state index < -0.39 is 0 Å². The number of benzene rings is 1. The number of rotatable bonds is 5. The third-order valence-corrected chi connectivity index (χ3v) is 4.80. The highest BCUT2D eigenvalue weighted by Crippen LogP contribution is 2.38. The summed E-state index contributed by atoms with van der Waals surface area (Å²) in [5, 5.41) is 3.76. The third kappa shape index (κ3) is 2.73. The predicted octanol–water partition coefficient (Wildman–Crippen LogP) is 2.67. The maximum absolute atomic E-state index is 11.6. The van der Waals surface area contributed by atoms with E-state index in [1.165, 1.54) is 31.2 Å². The standard InChI is InChI=1S/C17H24N2O/c20-16-9-6-13-19(16)14-12-18-17(10-4-5-11-17)15-7-2-1-3-8-15/h1-3,7-8,18H,4-6,9-14H2. The van der Waals surface area contributed by atoms with Gasteiger partial charge in [-0.3, -0.25) is 4.79 Å². The molecule has 3 nitrogen and oxygen atoms in total. The number of hydrogen-bond acceptors (Lipinski definition) is 2. The molecule has 1 saturated heterocycles. The van der Waals surface area contributed by atoms with Crippen molar-refractivity contribution in [1.82, 2.24) is 10.2 Å². The highest BCUT2D eigenvalue weighted by atomic mass is 16.2. The minimum atomic E-state index is 0.143. The summed E-state index contributed by atoms with van der Waals surface area (Å²) in [6.45, 7) is 2.70. The second kappa shape index (κ2) is 5.96. The van der Waals surface area contributed by atoms with Crippen LogP contribution in [0.25, 0.3) is 0 Å². The van der Waals surface area contributed by atoms with E-state index in [-0.39, 0.29) is 5.54 Å². The Bertz CT molecular complexity index is 451. The van der Waals surface area contributed by atoms with Gasteiger partial charge in [0.15, 0.2) is 0 Å². The molecule has 3 rings (SSSR count). The summed E-state index contributed by atoms with van der Waals surface area (Å²) < 4.78 is 0. The van der Waals surface area contributed by atoms with E-state index in [2.05, 4.69) is 35.6 Å². The van der Waals surface area contributed by atoms with E-state index >= 15 is 0 Å². The lowest BCUT2D eigenvalue weighted by Crippen LogP contribution is -2.44. The molecular weight excluding hydrogens is 248 g/mol. The van der Waals surface area contributed by atoms with Crippen molar-refractivity contribution in [2.24, 2.45) is 0 Å². The van der Waals surface area contributed by atoms with E-state index in [9.17, 15) is 4.79 Å². The van der Waals surface area contributed by atoms with Crippen LogP contribution in [0.4, 0.5) is 0 Å². The summed E-state index contributed by atoms with van der Waals surface area (Å²) in [5.41, 5.74) is 1.55. The van der Waals surface area contributed by atoms with Crippen molar-refractivity contribution >= 4 is 5.91 Å². The average Bonchev–Trinajstić information content (AvgIpc) is 3.11. The molecule has 1 aromatic rings. The molecular formula is C17H24N2O. The van der Waals surface area contributed by atoms with E-state index in [1.807, 2.05) is 4.90 Å². The van der Waals surface area contributed by atoms with Crippen LogP contribution in [0.5, 0.6) is 0 Å². The highest BCUT2D eigenvalue weighted by Gasteiger charge is 2.35. The first-order valence-corrected chi connectivity index (χ1v) is 7.89. The van der Waals surface area contributed by atoms with Gasteiger partial charge in [0, 0.05) is 31.6 Å². The first-order chi connectivity index (χ1) is 9.80. The quantitative estimate of drug-likeness (QED) is 0.894. The molecule has 1 aliphatic heterocycles. The van der Waals surface area contributed by atoms with E-state index in [1.54, 1.807) is 0 Å². The Hall–Kier alpha value is -1.35. The Morgan fingerprint density at radius 2 is 1.85 bits per heavy atom. The highest BCUT2D eigenvalue weighted by molar-refractivity contribution is 5.78. The second-order valence-corrected chi connectivity index (χ2v) is 6.07. The molecule has 0 radical (unpaired) electrons. The molecule has 2 aliphatic rings. The smallest absolute Gasteiger partial charge is 0.222 e. The lowest BCUT2D eigenvalue weighted by atomic mass is 9.88. The number of amides is 1. The predicted molar refractivity (Wildman–Crippen MR) is 80.4 cm³/mol. The minimum absolute atomic E-state index is 0.143. The molecule has 108 valence electrons. The van der Waals surface area contributed by atoms with Gasteiger partial charge < -0.3 is 10.2 Å². The van der Waals surface area contributed by atoms with Crippen LogP contribution in [0.3, 0.4) is 0 Å². The molecule has 0 aromatic heterocycles. The van der Waals surface area contributed by atoms with Crippen molar-refractivity contribution in [1.29, 1.82) is 0 Å². The van der Waals surface area contributed by atoms with Crippen molar-refractivity contribution in [2.75, 3.05) is 19.6 Å². The van der Waals surface area contributed by atoms with Gasteiger partial charge in [0.05, 0.1) is 0 Å². The van der Waals surface area contributed by atoms with Gasteiger partial charge in [0.1, 0.15) is 0 Å². The van der Waals surface area contributed by atoms with Crippen LogP contribution >= 0.6 is 0 Å². The lowest BCUT2D eigenvalue weighted by molar-refractivity contribution is -0.127. The maximum atomic E-state index is 11.6. The van der Waals surface area contributed by atoms with Gasteiger partial charge in [-0.1, -0.05) is 43.2 Å². The Labute approximate surface area is 121 Å². The number of carbonyl (C=O) groups excluding carboxylic acids is 1. The summed E-state index contributed by atoms with van der Waals surface area (Å²) >= 11 is 0. The monoisotopic (exact) mass is 272 g/mol.